The highest BCUT2D eigenvalue weighted by Gasteiger charge is 2.41. The van der Waals surface area contributed by atoms with Crippen LogP contribution in [-0.4, -0.2) is 35.7 Å². The monoisotopic (exact) mass is 197 g/mol. The van der Waals surface area contributed by atoms with Crippen molar-refractivity contribution in [2.75, 3.05) is 19.7 Å². The molecule has 0 unspecified atom stereocenters. The maximum atomic E-state index is 6.01. The predicted molar refractivity (Wildman–Crippen MR) is 58.5 cm³/mol. The Morgan fingerprint density at radius 3 is 2.36 bits per heavy atom. The van der Waals surface area contributed by atoms with Crippen molar-refractivity contribution in [3.8, 4) is 0 Å². The minimum atomic E-state index is 0.228. The van der Waals surface area contributed by atoms with Gasteiger partial charge in [-0.15, -0.1) is 0 Å². The molecule has 14 heavy (non-hydrogen) atoms. The smallest absolute Gasteiger partial charge is 0.0809 e. The Morgan fingerprint density at radius 2 is 1.79 bits per heavy atom. The van der Waals surface area contributed by atoms with E-state index in [9.17, 15) is 0 Å². The molecule has 0 aromatic rings. The third kappa shape index (κ3) is 1.96. The molecule has 0 bridgehead atoms. The highest BCUT2D eigenvalue weighted by Crippen LogP contribution is 2.37. The number of hydrogen-bond donors (Lipinski definition) is 0. The summed E-state index contributed by atoms with van der Waals surface area (Å²) in [6.45, 7) is 10.1. The van der Waals surface area contributed by atoms with Crippen LogP contribution >= 0.6 is 0 Å². The molecule has 1 aliphatic carbocycles. The van der Waals surface area contributed by atoms with E-state index < -0.39 is 0 Å². The van der Waals surface area contributed by atoms with Gasteiger partial charge in [0.2, 0.25) is 0 Å². The van der Waals surface area contributed by atoms with Gasteiger partial charge in [0.15, 0.2) is 0 Å². The topological polar surface area (TPSA) is 12.5 Å². The summed E-state index contributed by atoms with van der Waals surface area (Å²) >= 11 is 0. The van der Waals surface area contributed by atoms with Crippen molar-refractivity contribution < 1.29 is 4.74 Å². The fourth-order valence-corrected chi connectivity index (χ4v) is 2.74. The number of nitrogens with zero attached hydrogens (tertiary/aromatic N) is 1. The third-order valence-corrected chi connectivity index (χ3v) is 3.71. The molecule has 2 heteroatoms. The molecule has 0 amide bonds. The van der Waals surface area contributed by atoms with Gasteiger partial charge in [-0.05, 0) is 33.6 Å². The summed E-state index contributed by atoms with van der Waals surface area (Å²) in [5.74, 6) is 0. The molecule has 1 saturated heterocycles. The number of hydrogen-bond acceptors (Lipinski definition) is 2. The van der Waals surface area contributed by atoms with Crippen LogP contribution < -0.4 is 0 Å². The summed E-state index contributed by atoms with van der Waals surface area (Å²) in [5, 5.41) is 0. The molecule has 0 N–H and O–H groups in total. The Balaban J connectivity index is 2.03. The highest BCUT2D eigenvalue weighted by atomic mass is 16.5. The standard InChI is InChI=1S/C12H23NO/c1-11(2,3)13-8-9-14-12(10-13)6-4-5-7-12/h4-10H2,1-3H3. The first-order chi connectivity index (χ1) is 6.52. The lowest BCUT2D eigenvalue weighted by Gasteiger charge is -2.46. The zero-order valence-corrected chi connectivity index (χ0v) is 9.81. The summed E-state index contributed by atoms with van der Waals surface area (Å²) in [4.78, 5) is 2.59. The second kappa shape index (κ2) is 3.49. The summed E-state index contributed by atoms with van der Waals surface area (Å²) in [7, 11) is 0. The second-order valence-electron chi connectivity index (χ2n) is 5.83. The van der Waals surface area contributed by atoms with Crippen molar-refractivity contribution in [2.24, 2.45) is 0 Å². The van der Waals surface area contributed by atoms with Crippen molar-refractivity contribution in [1.82, 2.24) is 4.90 Å². The van der Waals surface area contributed by atoms with Crippen molar-refractivity contribution in [3.05, 3.63) is 0 Å². The van der Waals surface area contributed by atoms with Crippen LogP contribution in [0.5, 0.6) is 0 Å². The van der Waals surface area contributed by atoms with Gasteiger partial charge in [0.25, 0.3) is 0 Å². The van der Waals surface area contributed by atoms with E-state index in [2.05, 4.69) is 25.7 Å². The molecule has 82 valence electrons. The SMILES string of the molecule is CC(C)(C)N1CCOC2(CCCC2)C1. The van der Waals surface area contributed by atoms with E-state index in [4.69, 9.17) is 4.74 Å². The molecule has 1 aliphatic heterocycles. The maximum Gasteiger partial charge on any atom is 0.0809 e. The van der Waals surface area contributed by atoms with Crippen LogP contribution in [0.15, 0.2) is 0 Å². The second-order valence-corrected chi connectivity index (χ2v) is 5.83. The number of rotatable bonds is 0. The Labute approximate surface area is 87.6 Å². The lowest BCUT2D eigenvalue weighted by atomic mass is 9.95. The molecular weight excluding hydrogens is 174 g/mol. The minimum absolute atomic E-state index is 0.228. The van der Waals surface area contributed by atoms with E-state index in [1.165, 1.54) is 25.7 Å². The van der Waals surface area contributed by atoms with Crippen molar-refractivity contribution >= 4 is 0 Å². The van der Waals surface area contributed by atoms with E-state index in [0.717, 1.165) is 19.7 Å². The summed E-state index contributed by atoms with van der Waals surface area (Å²) in [6, 6.07) is 0. The van der Waals surface area contributed by atoms with Crippen LogP contribution in [0.25, 0.3) is 0 Å². The first-order valence-electron chi connectivity index (χ1n) is 5.91. The van der Waals surface area contributed by atoms with Crippen LogP contribution in [0, 0.1) is 0 Å². The molecule has 2 rings (SSSR count). The van der Waals surface area contributed by atoms with E-state index in [0.29, 0.717) is 5.54 Å². The molecular formula is C12H23NO. The Hall–Kier alpha value is -0.0800. The lowest BCUT2D eigenvalue weighted by Crippen LogP contribution is -2.56. The highest BCUT2D eigenvalue weighted by molar-refractivity contribution is 4.94. The fraction of sp³-hybridized carbons (Fsp3) is 1.00. The molecule has 2 nitrogen and oxygen atoms in total. The van der Waals surface area contributed by atoms with E-state index >= 15 is 0 Å². The minimum Gasteiger partial charge on any atom is -0.372 e. The Kier molecular flexibility index (Phi) is 2.61. The molecule has 1 saturated carbocycles. The molecule has 0 radical (unpaired) electrons. The number of ether oxygens (including phenoxy) is 1. The molecule has 1 spiro atoms. The maximum absolute atomic E-state index is 6.01. The summed E-state index contributed by atoms with van der Waals surface area (Å²) < 4.78 is 6.01. The van der Waals surface area contributed by atoms with Gasteiger partial charge in [-0.25, -0.2) is 0 Å². The van der Waals surface area contributed by atoms with Crippen molar-refractivity contribution in [1.29, 1.82) is 0 Å². The predicted octanol–water partition coefficient (Wildman–Crippen LogP) is 2.43. The van der Waals surface area contributed by atoms with Gasteiger partial charge in [0.1, 0.15) is 0 Å². The summed E-state index contributed by atoms with van der Waals surface area (Å²) in [6.07, 6.45) is 5.27. The molecule has 0 aromatic heterocycles. The quantitative estimate of drug-likeness (QED) is 0.591. The molecule has 0 atom stereocenters. The molecule has 0 aromatic carbocycles. The molecule has 2 aliphatic rings. The molecule has 1 heterocycles. The fourth-order valence-electron chi connectivity index (χ4n) is 2.74. The van der Waals surface area contributed by atoms with Crippen molar-refractivity contribution in [3.63, 3.8) is 0 Å². The van der Waals surface area contributed by atoms with Gasteiger partial charge in [-0.1, -0.05) is 12.8 Å². The van der Waals surface area contributed by atoms with E-state index in [1.807, 2.05) is 0 Å². The normalized spacial score (nSPS) is 28.5. The van der Waals surface area contributed by atoms with Gasteiger partial charge in [-0.3, -0.25) is 4.90 Å². The van der Waals surface area contributed by atoms with Crippen LogP contribution in [-0.2, 0) is 4.74 Å². The van der Waals surface area contributed by atoms with Gasteiger partial charge in [0.05, 0.1) is 12.2 Å². The lowest BCUT2D eigenvalue weighted by molar-refractivity contribution is -0.124. The van der Waals surface area contributed by atoms with Gasteiger partial charge < -0.3 is 4.74 Å². The first kappa shape index (κ1) is 10.4. The Bertz CT molecular complexity index is 201. The van der Waals surface area contributed by atoms with Crippen molar-refractivity contribution in [2.45, 2.75) is 57.6 Å². The number of morpholine rings is 1. The summed E-state index contributed by atoms with van der Waals surface area (Å²) in [5.41, 5.74) is 0.533. The van der Waals surface area contributed by atoms with E-state index in [-0.39, 0.29) is 5.60 Å². The Morgan fingerprint density at radius 1 is 1.14 bits per heavy atom. The zero-order valence-electron chi connectivity index (χ0n) is 9.81. The largest absolute Gasteiger partial charge is 0.372 e. The zero-order chi connectivity index (χ0) is 10.2. The van der Waals surface area contributed by atoms with Gasteiger partial charge >= 0.3 is 0 Å². The van der Waals surface area contributed by atoms with Gasteiger partial charge in [-0.2, -0.15) is 0 Å². The third-order valence-electron chi connectivity index (χ3n) is 3.71. The average Bonchev–Trinajstić information content (AvgIpc) is 2.52. The average molecular weight is 197 g/mol. The van der Waals surface area contributed by atoms with Crippen LogP contribution in [0.1, 0.15) is 46.5 Å². The molecule has 2 fully saturated rings. The first-order valence-corrected chi connectivity index (χ1v) is 5.91. The van der Waals surface area contributed by atoms with Crippen LogP contribution in [0.2, 0.25) is 0 Å². The van der Waals surface area contributed by atoms with Crippen LogP contribution in [0.4, 0.5) is 0 Å². The van der Waals surface area contributed by atoms with Crippen LogP contribution in [0.3, 0.4) is 0 Å². The van der Waals surface area contributed by atoms with E-state index in [1.54, 1.807) is 0 Å². The van der Waals surface area contributed by atoms with Gasteiger partial charge in [0, 0.05) is 18.6 Å².